The molecule has 1 atom stereocenters. The van der Waals surface area contributed by atoms with Gasteiger partial charge in [0.05, 0.1) is 29.7 Å². The van der Waals surface area contributed by atoms with Crippen LogP contribution in [0.1, 0.15) is 30.1 Å². The van der Waals surface area contributed by atoms with Gasteiger partial charge in [-0.3, -0.25) is 14.4 Å². The minimum atomic E-state index is -0.0603. The van der Waals surface area contributed by atoms with Gasteiger partial charge in [-0.05, 0) is 51.4 Å². The van der Waals surface area contributed by atoms with Gasteiger partial charge >= 0.3 is 0 Å². The number of fused-ring (bicyclic) bond motifs is 1. The van der Waals surface area contributed by atoms with E-state index in [2.05, 4.69) is 37.6 Å². The zero-order chi connectivity index (χ0) is 17.4. The van der Waals surface area contributed by atoms with Crippen molar-refractivity contribution in [2.75, 3.05) is 6.54 Å². The third-order valence-electron chi connectivity index (χ3n) is 5.00. The van der Waals surface area contributed by atoms with Crippen molar-refractivity contribution in [2.24, 2.45) is 0 Å². The number of para-hydroxylation sites is 1. The van der Waals surface area contributed by atoms with Crippen LogP contribution in [0.2, 0.25) is 0 Å². The van der Waals surface area contributed by atoms with Crippen LogP contribution >= 0.6 is 0 Å². The highest BCUT2D eigenvalue weighted by Gasteiger charge is 2.26. The second kappa shape index (κ2) is 6.44. The summed E-state index contributed by atoms with van der Waals surface area (Å²) >= 11 is 0. The molecular weight excluding hydrogens is 314 g/mol. The van der Waals surface area contributed by atoms with E-state index in [0.717, 1.165) is 36.5 Å². The molecule has 1 N–H and O–H groups in total. The largest absolute Gasteiger partial charge is 0.309 e. The summed E-state index contributed by atoms with van der Waals surface area (Å²) in [5.74, 6) is 0.740. The van der Waals surface area contributed by atoms with E-state index in [-0.39, 0.29) is 5.56 Å². The van der Waals surface area contributed by atoms with Crippen molar-refractivity contribution in [1.82, 2.24) is 24.6 Å². The Labute approximate surface area is 146 Å². The van der Waals surface area contributed by atoms with E-state index in [1.807, 2.05) is 31.2 Å². The molecular formula is C19H23N5O. The van der Waals surface area contributed by atoms with Crippen LogP contribution in [0.4, 0.5) is 0 Å². The number of nitrogens with one attached hydrogen (secondary N) is 1. The second-order valence-corrected chi connectivity index (χ2v) is 6.91. The molecule has 0 aliphatic carbocycles. The van der Waals surface area contributed by atoms with E-state index < -0.39 is 0 Å². The predicted octanol–water partition coefficient (Wildman–Crippen LogP) is 2.40. The average Bonchev–Trinajstić information content (AvgIpc) is 3.14. The van der Waals surface area contributed by atoms with Gasteiger partial charge < -0.3 is 4.98 Å². The molecule has 4 rings (SSSR count). The van der Waals surface area contributed by atoms with Gasteiger partial charge in [-0.1, -0.05) is 12.1 Å². The molecule has 6 nitrogen and oxygen atoms in total. The number of hydrogen-bond acceptors (Lipinski definition) is 4. The number of benzene rings is 1. The maximum atomic E-state index is 12.3. The topological polar surface area (TPSA) is 66.8 Å². The van der Waals surface area contributed by atoms with Crippen LogP contribution < -0.4 is 5.56 Å². The molecule has 3 aromatic rings. The highest BCUT2D eigenvalue weighted by Crippen LogP contribution is 2.21. The molecule has 1 aromatic carbocycles. The van der Waals surface area contributed by atoms with Gasteiger partial charge in [0, 0.05) is 11.7 Å². The predicted molar refractivity (Wildman–Crippen MR) is 97.5 cm³/mol. The minimum absolute atomic E-state index is 0.0603. The van der Waals surface area contributed by atoms with Crippen LogP contribution in [0.5, 0.6) is 0 Å². The van der Waals surface area contributed by atoms with Crippen LogP contribution in [0.3, 0.4) is 0 Å². The Balaban J connectivity index is 1.55. The lowest BCUT2D eigenvalue weighted by Gasteiger charge is -2.24. The maximum absolute atomic E-state index is 12.3. The van der Waals surface area contributed by atoms with Crippen molar-refractivity contribution in [1.29, 1.82) is 0 Å². The number of aromatic nitrogens is 4. The van der Waals surface area contributed by atoms with Gasteiger partial charge in [-0.2, -0.15) is 5.10 Å². The van der Waals surface area contributed by atoms with Gasteiger partial charge in [0.2, 0.25) is 0 Å². The zero-order valence-electron chi connectivity index (χ0n) is 14.7. The third kappa shape index (κ3) is 3.22. The normalized spacial score (nSPS) is 18.2. The van der Waals surface area contributed by atoms with Crippen molar-refractivity contribution >= 4 is 10.9 Å². The molecule has 1 aliphatic heterocycles. The van der Waals surface area contributed by atoms with Gasteiger partial charge in [0.1, 0.15) is 5.82 Å². The highest BCUT2D eigenvalue weighted by atomic mass is 16.1. The molecule has 0 unspecified atom stereocenters. The number of aryl methyl sites for hydroxylation is 2. The molecule has 1 fully saturated rings. The van der Waals surface area contributed by atoms with Crippen molar-refractivity contribution in [2.45, 2.75) is 45.8 Å². The summed E-state index contributed by atoms with van der Waals surface area (Å²) < 4.78 is 2.09. The smallest absolute Gasteiger partial charge is 0.258 e. The van der Waals surface area contributed by atoms with Crippen molar-refractivity contribution < 1.29 is 0 Å². The van der Waals surface area contributed by atoms with Gasteiger partial charge in [-0.15, -0.1) is 0 Å². The highest BCUT2D eigenvalue weighted by molar-refractivity contribution is 5.77. The fourth-order valence-corrected chi connectivity index (χ4v) is 3.77. The SMILES string of the molecule is Cc1cc(C)n(C[C@@H]2CCCN2Cc2nc3ccccc3c(=O)[nH]2)n1. The Bertz CT molecular complexity index is 958. The molecule has 0 saturated carbocycles. The van der Waals surface area contributed by atoms with Crippen molar-refractivity contribution in [3.05, 3.63) is 57.9 Å². The molecule has 3 heterocycles. The molecule has 0 radical (unpaired) electrons. The molecule has 25 heavy (non-hydrogen) atoms. The summed E-state index contributed by atoms with van der Waals surface area (Å²) in [6.45, 7) is 6.71. The van der Waals surface area contributed by atoms with Gasteiger partial charge in [0.15, 0.2) is 0 Å². The molecule has 0 bridgehead atoms. The van der Waals surface area contributed by atoms with E-state index in [4.69, 9.17) is 0 Å². The van der Waals surface area contributed by atoms with E-state index in [1.165, 1.54) is 12.1 Å². The summed E-state index contributed by atoms with van der Waals surface area (Å²) in [5.41, 5.74) is 2.95. The number of rotatable bonds is 4. The van der Waals surface area contributed by atoms with Crippen LogP contribution in [0, 0.1) is 13.8 Å². The summed E-state index contributed by atoms with van der Waals surface area (Å²) in [5, 5.41) is 5.23. The quantitative estimate of drug-likeness (QED) is 0.794. The Morgan fingerprint density at radius 2 is 2.12 bits per heavy atom. The summed E-state index contributed by atoms with van der Waals surface area (Å²) in [4.78, 5) is 22.3. The van der Waals surface area contributed by atoms with Gasteiger partial charge in [-0.25, -0.2) is 4.98 Å². The van der Waals surface area contributed by atoms with Crippen LogP contribution in [0.25, 0.3) is 10.9 Å². The van der Waals surface area contributed by atoms with Crippen molar-refractivity contribution in [3.63, 3.8) is 0 Å². The summed E-state index contributed by atoms with van der Waals surface area (Å²) in [6, 6.07) is 10.0. The Kier molecular flexibility index (Phi) is 4.13. The fourth-order valence-electron chi connectivity index (χ4n) is 3.77. The summed E-state index contributed by atoms with van der Waals surface area (Å²) in [6.07, 6.45) is 2.32. The Hall–Kier alpha value is -2.47. The first kappa shape index (κ1) is 16.0. The van der Waals surface area contributed by atoms with E-state index >= 15 is 0 Å². The lowest BCUT2D eigenvalue weighted by Crippen LogP contribution is -2.34. The second-order valence-electron chi connectivity index (χ2n) is 6.91. The first-order chi connectivity index (χ1) is 12.1. The first-order valence-electron chi connectivity index (χ1n) is 8.83. The molecule has 2 aromatic heterocycles. The Morgan fingerprint density at radius 3 is 2.92 bits per heavy atom. The van der Waals surface area contributed by atoms with Crippen LogP contribution in [-0.2, 0) is 13.1 Å². The lowest BCUT2D eigenvalue weighted by atomic mass is 10.2. The number of H-pyrrole nitrogens is 1. The van der Waals surface area contributed by atoms with Gasteiger partial charge in [0.25, 0.3) is 5.56 Å². The third-order valence-corrected chi connectivity index (χ3v) is 5.00. The number of hydrogen-bond donors (Lipinski definition) is 1. The minimum Gasteiger partial charge on any atom is -0.309 e. The van der Waals surface area contributed by atoms with Crippen LogP contribution in [-0.4, -0.2) is 37.2 Å². The van der Waals surface area contributed by atoms with E-state index in [1.54, 1.807) is 0 Å². The number of nitrogens with zero attached hydrogens (tertiary/aromatic N) is 4. The first-order valence-corrected chi connectivity index (χ1v) is 8.83. The van der Waals surface area contributed by atoms with Crippen molar-refractivity contribution in [3.8, 4) is 0 Å². The fraction of sp³-hybridized carbons (Fsp3) is 0.421. The van der Waals surface area contributed by atoms with E-state index in [9.17, 15) is 4.79 Å². The molecule has 1 saturated heterocycles. The standard InChI is InChI=1S/C19H23N5O/c1-13-10-14(2)24(22-13)11-15-6-5-9-23(15)12-18-20-17-8-4-3-7-16(17)19(25)21-18/h3-4,7-8,10,15H,5-6,9,11-12H2,1-2H3,(H,20,21,25)/t15-/m0/s1. The lowest BCUT2D eigenvalue weighted by molar-refractivity contribution is 0.213. The molecule has 1 aliphatic rings. The zero-order valence-corrected chi connectivity index (χ0v) is 14.7. The molecule has 0 spiro atoms. The number of aromatic amines is 1. The number of likely N-dealkylation sites (tertiary alicyclic amines) is 1. The van der Waals surface area contributed by atoms with Crippen LogP contribution in [0.15, 0.2) is 35.1 Å². The average molecular weight is 337 g/mol. The maximum Gasteiger partial charge on any atom is 0.258 e. The molecule has 0 amide bonds. The molecule has 130 valence electrons. The van der Waals surface area contributed by atoms with E-state index in [0.29, 0.717) is 18.0 Å². The Morgan fingerprint density at radius 1 is 1.28 bits per heavy atom. The monoisotopic (exact) mass is 337 g/mol. The summed E-state index contributed by atoms with van der Waals surface area (Å²) in [7, 11) is 0. The molecule has 6 heteroatoms.